The second-order valence-electron chi connectivity index (χ2n) is 7.57. The topological polar surface area (TPSA) is 59.0 Å². The highest BCUT2D eigenvalue weighted by atomic mass is 127. The molecule has 28 heavy (non-hydrogen) atoms. The number of hydrogen-bond acceptors (Lipinski definition) is 4. The van der Waals surface area contributed by atoms with Crippen molar-refractivity contribution >= 4 is 28.7 Å². The summed E-state index contributed by atoms with van der Waals surface area (Å²) in [6, 6.07) is 16.5. The molecule has 0 bridgehead atoms. The van der Waals surface area contributed by atoms with Gasteiger partial charge in [0, 0.05) is 3.57 Å². The highest BCUT2D eigenvalue weighted by Crippen LogP contribution is 2.23. The molecule has 0 heterocycles. The van der Waals surface area contributed by atoms with E-state index in [0.717, 1.165) is 14.9 Å². The number of amides is 1. The normalized spacial score (nSPS) is 13.5. The third-order valence-corrected chi connectivity index (χ3v) is 4.85. The van der Waals surface area contributed by atoms with Crippen LogP contribution in [0.25, 0.3) is 0 Å². The lowest BCUT2D eigenvalue weighted by molar-refractivity contribution is -0.00586. The molecule has 2 aromatic rings. The van der Waals surface area contributed by atoms with Crippen LogP contribution in [0.15, 0.2) is 54.6 Å². The summed E-state index contributed by atoms with van der Waals surface area (Å²) < 4.78 is 12.4. The smallest absolute Gasteiger partial charge is 0.410 e. The number of hydrogen-bond donors (Lipinski definition) is 1. The molecule has 5 nitrogen and oxygen atoms in total. The highest BCUT2D eigenvalue weighted by molar-refractivity contribution is 14.1. The van der Waals surface area contributed by atoms with Crippen LogP contribution in [0.1, 0.15) is 39.4 Å². The Hall–Kier alpha value is -1.80. The van der Waals surface area contributed by atoms with E-state index in [0.29, 0.717) is 13.2 Å². The summed E-state index contributed by atoms with van der Waals surface area (Å²) in [6.07, 6.45) is -1.30. The van der Waals surface area contributed by atoms with Gasteiger partial charge in [0.25, 0.3) is 0 Å². The number of halogens is 1. The minimum Gasteiger partial charge on any atom is -0.492 e. The summed E-state index contributed by atoms with van der Waals surface area (Å²) in [4.78, 5) is 14.3. The Kier molecular flexibility index (Phi) is 8.12. The predicted octanol–water partition coefficient (Wildman–Crippen LogP) is 5.03. The van der Waals surface area contributed by atoms with Crippen molar-refractivity contribution in [3.63, 3.8) is 0 Å². The zero-order valence-corrected chi connectivity index (χ0v) is 18.9. The zero-order chi connectivity index (χ0) is 20.7. The molecule has 0 radical (unpaired) electrons. The molecule has 1 N–H and O–H groups in total. The summed E-state index contributed by atoms with van der Waals surface area (Å²) in [7, 11) is 0. The molecular formula is C22H28INO4. The first-order chi connectivity index (χ1) is 13.2. The number of rotatable bonds is 7. The van der Waals surface area contributed by atoms with Crippen LogP contribution in [0.5, 0.6) is 5.75 Å². The van der Waals surface area contributed by atoms with Crippen LogP contribution in [0.2, 0.25) is 0 Å². The predicted molar refractivity (Wildman–Crippen MR) is 118 cm³/mol. The van der Waals surface area contributed by atoms with Gasteiger partial charge in [-0.1, -0.05) is 30.3 Å². The van der Waals surface area contributed by atoms with Crippen LogP contribution in [-0.2, 0) is 4.74 Å². The van der Waals surface area contributed by atoms with E-state index in [1.807, 2.05) is 82.3 Å². The average molecular weight is 497 g/mol. The Morgan fingerprint density at radius 2 is 1.71 bits per heavy atom. The lowest BCUT2D eigenvalue weighted by Crippen LogP contribution is -2.46. The molecule has 0 unspecified atom stereocenters. The Bertz CT molecular complexity index is 743. The number of aliphatic hydroxyl groups excluding tert-OH is 1. The molecule has 152 valence electrons. The lowest BCUT2D eigenvalue weighted by atomic mass is 10.0. The number of nitrogens with zero attached hydrogens (tertiary/aromatic N) is 1. The van der Waals surface area contributed by atoms with Gasteiger partial charge < -0.3 is 14.6 Å². The monoisotopic (exact) mass is 497 g/mol. The number of carbonyl (C=O) groups excluding carboxylic acids is 1. The SMILES string of the molecule is C[C@@H]([C@H](O)c1ccccc1)N(CCOc1ccc(I)cc1)C(=O)OC(C)(C)C. The minimum absolute atomic E-state index is 0.297. The van der Waals surface area contributed by atoms with Crippen molar-refractivity contribution in [3.8, 4) is 5.75 Å². The third-order valence-electron chi connectivity index (χ3n) is 4.13. The molecule has 6 heteroatoms. The van der Waals surface area contributed by atoms with Gasteiger partial charge in [0.2, 0.25) is 0 Å². The second kappa shape index (κ2) is 10.1. The van der Waals surface area contributed by atoms with E-state index in [1.165, 1.54) is 4.90 Å². The minimum atomic E-state index is -0.827. The van der Waals surface area contributed by atoms with Gasteiger partial charge in [0.05, 0.1) is 18.7 Å². The molecule has 0 saturated heterocycles. The fourth-order valence-electron chi connectivity index (χ4n) is 2.67. The number of ether oxygens (including phenoxy) is 2. The first-order valence-corrected chi connectivity index (χ1v) is 10.4. The van der Waals surface area contributed by atoms with Gasteiger partial charge in [-0.2, -0.15) is 0 Å². The van der Waals surface area contributed by atoms with Gasteiger partial charge in [-0.3, -0.25) is 4.90 Å². The van der Waals surface area contributed by atoms with Crippen LogP contribution in [0.4, 0.5) is 4.79 Å². The molecule has 1 amide bonds. The van der Waals surface area contributed by atoms with Gasteiger partial charge in [-0.05, 0) is 80.1 Å². The molecule has 0 aliphatic heterocycles. The summed E-state index contributed by atoms with van der Waals surface area (Å²) >= 11 is 2.23. The lowest BCUT2D eigenvalue weighted by Gasteiger charge is -2.34. The van der Waals surface area contributed by atoms with E-state index in [1.54, 1.807) is 0 Å². The summed E-state index contributed by atoms with van der Waals surface area (Å²) in [5.41, 5.74) is 0.131. The number of benzene rings is 2. The molecule has 2 atom stereocenters. The zero-order valence-electron chi connectivity index (χ0n) is 16.8. The molecule has 0 aliphatic carbocycles. The van der Waals surface area contributed by atoms with Crippen molar-refractivity contribution in [3.05, 3.63) is 63.7 Å². The Morgan fingerprint density at radius 3 is 2.29 bits per heavy atom. The number of carbonyl (C=O) groups is 1. The van der Waals surface area contributed by atoms with Crippen molar-refractivity contribution in [1.29, 1.82) is 0 Å². The maximum atomic E-state index is 12.8. The summed E-state index contributed by atoms with van der Waals surface area (Å²) in [6.45, 7) is 7.88. The van der Waals surface area contributed by atoms with Gasteiger partial charge in [-0.15, -0.1) is 0 Å². The van der Waals surface area contributed by atoms with Crippen molar-refractivity contribution < 1.29 is 19.4 Å². The Labute approximate surface area is 180 Å². The summed E-state index contributed by atoms with van der Waals surface area (Å²) in [5, 5.41) is 10.8. The van der Waals surface area contributed by atoms with Gasteiger partial charge in [0.1, 0.15) is 18.0 Å². The molecule has 0 aliphatic rings. The Balaban J connectivity index is 2.09. The molecule has 0 spiro atoms. The molecule has 0 fully saturated rings. The summed E-state index contributed by atoms with van der Waals surface area (Å²) in [5.74, 6) is 0.737. The third kappa shape index (κ3) is 6.98. The fourth-order valence-corrected chi connectivity index (χ4v) is 3.03. The van der Waals surface area contributed by atoms with Gasteiger partial charge in [0.15, 0.2) is 0 Å². The quantitative estimate of drug-likeness (QED) is 0.546. The molecule has 0 aromatic heterocycles. The van der Waals surface area contributed by atoms with E-state index in [4.69, 9.17) is 9.47 Å². The van der Waals surface area contributed by atoms with Crippen LogP contribution in [0.3, 0.4) is 0 Å². The van der Waals surface area contributed by atoms with E-state index < -0.39 is 23.8 Å². The first-order valence-electron chi connectivity index (χ1n) is 9.28. The van der Waals surface area contributed by atoms with E-state index in [9.17, 15) is 9.90 Å². The second-order valence-corrected chi connectivity index (χ2v) is 8.82. The van der Waals surface area contributed by atoms with Crippen LogP contribution >= 0.6 is 22.6 Å². The van der Waals surface area contributed by atoms with E-state index in [2.05, 4.69) is 22.6 Å². The van der Waals surface area contributed by atoms with E-state index in [-0.39, 0.29) is 0 Å². The van der Waals surface area contributed by atoms with Gasteiger partial charge >= 0.3 is 6.09 Å². The highest BCUT2D eigenvalue weighted by Gasteiger charge is 2.30. The molecule has 2 aromatic carbocycles. The van der Waals surface area contributed by atoms with Crippen molar-refractivity contribution in [2.75, 3.05) is 13.2 Å². The van der Waals surface area contributed by atoms with Gasteiger partial charge in [-0.25, -0.2) is 4.79 Å². The van der Waals surface area contributed by atoms with Crippen molar-refractivity contribution in [2.45, 2.75) is 45.4 Å². The maximum Gasteiger partial charge on any atom is 0.410 e. The molecule has 2 rings (SSSR count). The van der Waals surface area contributed by atoms with Crippen LogP contribution in [-0.4, -0.2) is 40.9 Å². The van der Waals surface area contributed by atoms with Crippen LogP contribution < -0.4 is 4.74 Å². The van der Waals surface area contributed by atoms with Crippen molar-refractivity contribution in [1.82, 2.24) is 4.90 Å². The van der Waals surface area contributed by atoms with E-state index >= 15 is 0 Å². The standard InChI is InChI=1S/C22H28INO4/c1-16(20(25)17-8-6-5-7-9-17)24(21(26)28-22(2,3)4)14-15-27-19-12-10-18(23)11-13-19/h5-13,16,20,25H,14-15H2,1-4H3/t16-,20-/m0/s1. The fraction of sp³-hybridized carbons (Fsp3) is 0.409. The van der Waals surface area contributed by atoms with Crippen LogP contribution in [0, 0.1) is 3.57 Å². The largest absolute Gasteiger partial charge is 0.492 e. The Morgan fingerprint density at radius 1 is 1.11 bits per heavy atom. The van der Waals surface area contributed by atoms with Crippen molar-refractivity contribution in [2.24, 2.45) is 0 Å². The molecule has 0 saturated carbocycles. The number of aliphatic hydroxyl groups is 1. The maximum absolute atomic E-state index is 12.8. The first kappa shape index (κ1) is 22.5. The average Bonchev–Trinajstić information content (AvgIpc) is 2.65. The molecular weight excluding hydrogens is 469 g/mol.